The number of nitrogens with zero attached hydrogens (tertiary/aromatic N) is 1. The molecule has 0 fully saturated rings. The third kappa shape index (κ3) is 3.93. The van der Waals surface area contributed by atoms with Gasteiger partial charge in [0.2, 0.25) is 0 Å². The number of carbonyl (C=O) groups is 1. The van der Waals surface area contributed by atoms with Gasteiger partial charge in [-0.05, 0) is 23.8 Å². The molecule has 7 nitrogen and oxygen atoms in total. The molecule has 0 bridgehead atoms. The van der Waals surface area contributed by atoms with E-state index < -0.39 is 5.91 Å². The Labute approximate surface area is 167 Å². The molecule has 2 heterocycles. The molecule has 2 aromatic heterocycles. The van der Waals surface area contributed by atoms with E-state index in [2.05, 4.69) is 21.4 Å². The van der Waals surface area contributed by atoms with Crippen molar-refractivity contribution >= 4 is 44.4 Å². The highest BCUT2D eigenvalue weighted by Gasteiger charge is 2.24. The number of pyridine rings is 1. The van der Waals surface area contributed by atoms with Gasteiger partial charge >= 0.3 is 0 Å². The van der Waals surface area contributed by atoms with E-state index in [-0.39, 0.29) is 41.7 Å². The third-order valence-electron chi connectivity index (χ3n) is 4.08. The molecule has 0 unspecified atom stereocenters. The topological polar surface area (TPSA) is 93.7 Å². The molecule has 1 aromatic carbocycles. The summed E-state index contributed by atoms with van der Waals surface area (Å²) in [4.78, 5) is 30.3. The predicted molar refractivity (Wildman–Crippen MR) is 104 cm³/mol. The summed E-state index contributed by atoms with van der Waals surface area (Å²) in [5, 5.41) is 9.60. The van der Waals surface area contributed by atoms with Crippen LogP contribution < -0.4 is 11.0 Å². The lowest BCUT2D eigenvalue weighted by molar-refractivity contribution is 0.0167. The molecule has 3 aromatic rings. The minimum absolute atomic E-state index is 0.0628. The zero-order valence-corrected chi connectivity index (χ0v) is 16.6. The van der Waals surface area contributed by atoms with E-state index in [9.17, 15) is 9.59 Å². The quantitative estimate of drug-likeness (QED) is 0.440. The lowest BCUT2D eigenvalue weighted by Gasteiger charge is -2.15. The number of fused-ring (bicyclic) bond motifs is 1. The SMILES string of the molecule is Cn1c(Cc2ccc(Br)cc2Cl)c(C(=O)NOCCO)c2occc2c1=O. The van der Waals surface area contributed by atoms with Crippen LogP contribution in [0.15, 0.2) is 44.2 Å². The number of aliphatic hydroxyl groups excluding tert-OH is 1. The fraction of sp³-hybridized carbons (Fsp3) is 0.222. The molecule has 0 aliphatic heterocycles. The van der Waals surface area contributed by atoms with Crippen molar-refractivity contribution in [3.8, 4) is 0 Å². The molecule has 0 atom stereocenters. The van der Waals surface area contributed by atoms with Gasteiger partial charge in [-0.3, -0.25) is 14.4 Å². The molecular formula is C18H16BrClN2O5. The summed E-state index contributed by atoms with van der Waals surface area (Å²) in [6.07, 6.45) is 1.59. The Morgan fingerprint density at radius 2 is 2.19 bits per heavy atom. The predicted octanol–water partition coefficient (Wildman–Crippen LogP) is 2.79. The summed E-state index contributed by atoms with van der Waals surface area (Å²) < 4.78 is 7.64. The maximum Gasteiger partial charge on any atom is 0.280 e. The third-order valence-corrected chi connectivity index (χ3v) is 4.92. The number of furan rings is 1. The number of carbonyl (C=O) groups excluding carboxylic acids is 1. The monoisotopic (exact) mass is 454 g/mol. The van der Waals surface area contributed by atoms with E-state index in [0.717, 1.165) is 10.0 Å². The first kappa shape index (κ1) is 19.6. The number of hydrogen-bond acceptors (Lipinski definition) is 5. The Morgan fingerprint density at radius 1 is 1.41 bits per heavy atom. The van der Waals surface area contributed by atoms with Crippen molar-refractivity contribution in [1.29, 1.82) is 0 Å². The molecule has 1 amide bonds. The minimum atomic E-state index is -0.581. The van der Waals surface area contributed by atoms with Crippen LogP contribution in [0.5, 0.6) is 0 Å². The zero-order valence-electron chi connectivity index (χ0n) is 14.3. The first-order valence-corrected chi connectivity index (χ1v) is 9.17. The van der Waals surface area contributed by atoms with Crippen LogP contribution in [-0.4, -0.2) is 28.8 Å². The summed E-state index contributed by atoms with van der Waals surface area (Å²) in [7, 11) is 1.59. The molecule has 0 radical (unpaired) electrons. The van der Waals surface area contributed by atoms with Gasteiger partial charge in [-0.1, -0.05) is 33.6 Å². The van der Waals surface area contributed by atoms with Crippen molar-refractivity contribution in [2.45, 2.75) is 6.42 Å². The highest BCUT2D eigenvalue weighted by Crippen LogP contribution is 2.27. The van der Waals surface area contributed by atoms with Gasteiger partial charge in [0.25, 0.3) is 11.5 Å². The van der Waals surface area contributed by atoms with Gasteiger partial charge in [0.15, 0.2) is 5.58 Å². The number of amides is 1. The highest BCUT2D eigenvalue weighted by atomic mass is 79.9. The molecule has 2 N–H and O–H groups in total. The average molecular weight is 456 g/mol. The van der Waals surface area contributed by atoms with Crippen molar-refractivity contribution in [3.63, 3.8) is 0 Å². The molecule has 0 saturated heterocycles. The number of hydroxylamine groups is 1. The van der Waals surface area contributed by atoms with Gasteiger partial charge in [0.05, 0.1) is 24.9 Å². The van der Waals surface area contributed by atoms with Gasteiger partial charge in [-0.15, -0.1) is 0 Å². The largest absolute Gasteiger partial charge is 0.463 e. The zero-order chi connectivity index (χ0) is 19.6. The van der Waals surface area contributed by atoms with Gasteiger partial charge in [-0.2, -0.15) is 0 Å². The number of aliphatic hydroxyl groups is 1. The Morgan fingerprint density at radius 3 is 2.89 bits per heavy atom. The number of nitrogens with one attached hydrogen (secondary N) is 1. The van der Waals surface area contributed by atoms with E-state index in [0.29, 0.717) is 10.7 Å². The summed E-state index contributed by atoms with van der Waals surface area (Å²) in [5.41, 5.74) is 3.50. The number of halogens is 2. The fourth-order valence-corrected chi connectivity index (χ4v) is 3.51. The number of aromatic nitrogens is 1. The van der Waals surface area contributed by atoms with Crippen LogP contribution in [0.1, 0.15) is 21.6 Å². The standard InChI is InChI=1S/C18H16BrClN2O5/c1-22-14(8-10-2-3-11(19)9-13(10)20)15(17(24)21-27-7-5-23)16-12(18(22)25)4-6-26-16/h2-4,6,9,23H,5,7-8H2,1H3,(H,21,24). The van der Waals surface area contributed by atoms with Crippen LogP contribution in [0.3, 0.4) is 0 Å². The fourth-order valence-electron chi connectivity index (χ4n) is 2.77. The number of rotatable bonds is 6. The van der Waals surface area contributed by atoms with E-state index in [4.69, 9.17) is 26.0 Å². The highest BCUT2D eigenvalue weighted by molar-refractivity contribution is 9.10. The van der Waals surface area contributed by atoms with Gasteiger partial charge in [-0.25, -0.2) is 5.48 Å². The first-order valence-electron chi connectivity index (χ1n) is 8.00. The first-order chi connectivity index (χ1) is 12.9. The Balaban J connectivity index is 2.14. The van der Waals surface area contributed by atoms with Crippen LogP contribution in [0.25, 0.3) is 11.0 Å². The second kappa shape index (κ2) is 8.26. The van der Waals surface area contributed by atoms with E-state index in [1.54, 1.807) is 13.1 Å². The molecule has 0 saturated carbocycles. The van der Waals surface area contributed by atoms with E-state index >= 15 is 0 Å². The number of hydrogen-bond donors (Lipinski definition) is 2. The molecular weight excluding hydrogens is 440 g/mol. The molecule has 142 valence electrons. The molecule has 27 heavy (non-hydrogen) atoms. The molecule has 3 rings (SSSR count). The van der Waals surface area contributed by atoms with E-state index in [1.807, 2.05) is 12.1 Å². The lowest BCUT2D eigenvalue weighted by atomic mass is 10.0. The smallest absolute Gasteiger partial charge is 0.280 e. The van der Waals surface area contributed by atoms with Crippen LogP contribution in [-0.2, 0) is 18.3 Å². The van der Waals surface area contributed by atoms with Crippen LogP contribution >= 0.6 is 27.5 Å². The van der Waals surface area contributed by atoms with Crippen molar-refractivity contribution in [3.05, 3.63) is 67.2 Å². The lowest BCUT2D eigenvalue weighted by Crippen LogP contribution is -2.30. The Kier molecular flexibility index (Phi) is 6.01. The second-order valence-electron chi connectivity index (χ2n) is 5.77. The summed E-state index contributed by atoms with van der Waals surface area (Å²) in [6.45, 7) is -0.308. The number of benzene rings is 1. The molecule has 0 aliphatic carbocycles. The van der Waals surface area contributed by atoms with Crippen LogP contribution in [0.2, 0.25) is 5.02 Å². The molecule has 0 aliphatic rings. The molecule has 0 spiro atoms. The van der Waals surface area contributed by atoms with Gasteiger partial charge < -0.3 is 14.1 Å². The van der Waals surface area contributed by atoms with E-state index in [1.165, 1.54) is 16.9 Å². The van der Waals surface area contributed by atoms with Gasteiger partial charge in [0.1, 0.15) is 5.56 Å². The average Bonchev–Trinajstić information content (AvgIpc) is 3.11. The van der Waals surface area contributed by atoms with Crippen molar-refractivity contribution in [2.24, 2.45) is 7.05 Å². The van der Waals surface area contributed by atoms with Gasteiger partial charge in [0, 0.05) is 28.7 Å². The maximum atomic E-state index is 12.7. The van der Waals surface area contributed by atoms with Crippen LogP contribution in [0.4, 0.5) is 0 Å². The maximum absolute atomic E-state index is 12.7. The normalized spacial score (nSPS) is 11.1. The van der Waals surface area contributed by atoms with Crippen molar-refractivity contribution in [1.82, 2.24) is 10.0 Å². The Hall–Kier alpha value is -2.13. The minimum Gasteiger partial charge on any atom is -0.463 e. The Bertz CT molecular complexity index is 1060. The van der Waals surface area contributed by atoms with Crippen molar-refractivity contribution < 1.29 is 19.2 Å². The summed E-state index contributed by atoms with van der Waals surface area (Å²) >= 11 is 9.66. The molecule has 9 heteroatoms. The second-order valence-corrected chi connectivity index (χ2v) is 7.09. The van der Waals surface area contributed by atoms with Crippen LogP contribution in [0, 0.1) is 0 Å². The summed E-state index contributed by atoms with van der Waals surface area (Å²) in [6, 6.07) is 6.89. The summed E-state index contributed by atoms with van der Waals surface area (Å²) in [5.74, 6) is -0.581. The van der Waals surface area contributed by atoms with Crippen molar-refractivity contribution in [2.75, 3.05) is 13.2 Å².